The Balaban J connectivity index is 3.00. The average molecular weight is 194 g/mol. The molecule has 14 heavy (non-hydrogen) atoms. The number of ketones is 1. The van der Waals surface area contributed by atoms with E-state index in [0.29, 0.717) is 0 Å². The van der Waals surface area contributed by atoms with Gasteiger partial charge in [0.15, 0.2) is 5.76 Å². The van der Waals surface area contributed by atoms with E-state index in [2.05, 4.69) is 9.53 Å². The van der Waals surface area contributed by atoms with Gasteiger partial charge in [-0.2, -0.15) is 4.79 Å². The first-order chi connectivity index (χ1) is 6.70. The number of Topliss-reactive ketones (excluding diaryl/α,β-unsaturated/α-hetero) is 1. The highest BCUT2D eigenvalue weighted by atomic mass is 16.5. The van der Waals surface area contributed by atoms with E-state index in [9.17, 15) is 9.59 Å². The van der Waals surface area contributed by atoms with Gasteiger partial charge in [-0.1, -0.05) is 0 Å². The first-order valence-corrected chi connectivity index (χ1v) is 3.59. The van der Waals surface area contributed by atoms with Gasteiger partial charge in [-0.3, -0.25) is 4.79 Å². The molecule has 0 amide bonds. The fourth-order valence-corrected chi connectivity index (χ4v) is 0.800. The number of hydrogen-bond donors (Lipinski definition) is 0. The van der Waals surface area contributed by atoms with E-state index in [1.807, 2.05) is 0 Å². The van der Waals surface area contributed by atoms with E-state index in [1.54, 1.807) is 0 Å². The Kier molecular flexibility index (Phi) is 2.93. The molecule has 1 rings (SSSR count). The van der Waals surface area contributed by atoms with Crippen molar-refractivity contribution in [3.8, 4) is 0 Å². The topological polar surface area (TPSA) is 92.9 Å². The second-order valence-electron chi connectivity index (χ2n) is 2.25. The van der Waals surface area contributed by atoms with Gasteiger partial charge in [0.2, 0.25) is 0 Å². The molecule has 72 valence electrons. The zero-order valence-electron chi connectivity index (χ0n) is 7.26. The zero-order chi connectivity index (χ0) is 10.6. The van der Waals surface area contributed by atoms with Crippen molar-refractivity contribution >= 4 is 17.5 Å². The lowest BCUT2D eigenvalue weighted by Gasteiger charge is -1.90. The number of ether oxygens (including phenoxy) is 1. The molecule has 0 aliphatic rings. The fraction of sp³-hybridized carbons (Fsp3) is 0.125. The molecule has 1 heterocycles. The second-order valence-corrected chi connectivity index (χ2v) is 2.25. The summed E-state index contributed by atoms with van der Waals surface area (Å²) in [6.45, 7) is 0. The number of carbonyl (C=O) groups excluding carboxylic acids is 2. The Morgan fingerprint density at radius 3 is 2.71 bits per heavy atom. The first kappa shape index (κ1) is 9.88. The van der Waals surface area contributed by atoms with Gasteiger partial charge in [-0.25, -0.2) is 4.79 Å². The summed E-state index contributed by atoms with van der Waals surface area (Å²) >= 11 is 0. The molecule has 6 nitrogen and oxygen atoms in total. The van der Waals surface area contributed by atoms with Crippen LogP contribution in [0.4, 0.5) is 0 Å². The van der Waals surface area contributed by atoms with Crippen LogP contribution in [0.25, 0.3) is 5.53 Å². The van der Waals surface area contributed by atoms with E-state index in [-0.39, 0.29) is 5.76 Å². The fourth-order valence-electron chi connectivity index (χ4n) is 0.800. The van der Waals surface area contributed by atoms with Gasteiger partial charge in [0.1, 0.15) is 0 Å². The van der Waals surface area contributed by atoms with Crippen molar-refractivity contribution in [2.45, 2.75) is 0 Å². The molecule has 0 N–H and O–H groups in total. The molecule has 0 aromatic carbocycles. The van der Waals surface area contributed by atoms with Gasteiger partial charge in [0.05, 0.1) is 13.4 Å². The van der Waals surface area contributed by atoms with Crippen LogP contribution >= 0.6 is 0 Å². The predicted octanol–water partition coefficient (Wildman–Crippen LogP) is 0.306. The number of rotatable bonds is 3. The van der Waals surface area contributed by atoms with Crippen LogP contribution in [0.1, 0.15) is 10.6 Å². The average Bonchev–Trinajstić information content (AvgIpc) is 2.71. The molecule has 1 aromatic heterocycles. The molecule has 0 spiro atoms. The van der Waals surface area contributed by atoms with Crippen LogP contribution in [0.15, 0.2) is 22.8 Å². The normalized spacial score (nSPS) is 8.93. The lowest BCUT2D eigenvalue weighted by Crippen LogP contribution is -2.26. The quantitative estimate of drug-likeness (QED) is 0.173. The summed E-state index contributed by atoms with van der Waals surface area (Å²) in [5.74, 6) is -1.94. The number of furan rings is 1. The van der Waals surface area contributed by atoms with Crippen LogP contribution in [-0.2, 0) is 9.53 Å². The largest absolute Gasteiger partial charge is 0.461 e. The minimum Gasteiger partial charge on any atom is -0.461 e. The van der Waals surface area contributed by atoms with Crippen LogP contribution in [0.2, 0.25) is 0 Å². The molecule has 0 aliphatic heterocycles. The first-order valence-electron chi connectivity index (χ1n) is 3.59. The number of esters is 1. The minimum absolute atomic E-state index is 0.0943. The van der Waals surface area contributed by atoms with E-state index in [1.165, 1.54) is 18.4 Å². The number of nitrogens with zero attached hydrogens (tertiary/aromatic N) is 2. The molecule has 6 heteroatoms. The smallest absolute Gasteiger partial charge is 0.449 e. The van der Waals surface area contributed by atoms with Crippen molar-refractivity contribution in [2.24, 2.45) is 0 Å². The Bertz CT molecular complexity index is 401. The highest BCUT2D eigenvalue weighted by molar-refractivity contribution is 6.65. The molecule has 0 bridgehead atoms. The lowest BCUT2D eigenvalue weighted by molar-refractivity contribution is -0.137. The van der Waals surface area contributed by atoms with Crippen LogP contribution in [0.5, 0.6) is 0 Å². The summed E-state index contributed by atoms with van der Waals surface area (Å²) in [6, 6.07) is 2.82. The second kappa shape index (κ2) is 4.15. The maximum atomic E-state index is 11.4. The monoisotopic (exact) mass is 194 g/mol. The number of carbonyl (C=O) groups is 2. The SMILES string of the molecule is COC(=O)C(=[N+]=[N-])C(=O)c1ccco1. The van der Waals surface area contributed by atoms with Gasteiger partial charge in [0, 0.05) is 0 Å². The van der Waals surface area contributed by atoms with Crippen molar-refractivity contribution in [1.29, 1.82) is 0 Å². The molecule has 0 fully saturated rings. The summed E-state index contributed by atoms with van der Waals surface area (Å²) in [5.41, 5.74) is 7.70. The molecular weight excluding hydrogens is 188 g/mol. The maximum Gasteiger partial charge on any atom is 0.449 e. The van der Waals surface area contributed by atoms with E-state index < -0.39 is 17.5 Å². The van der Waals surface area contributed by atoms with Crippen LogP contribution in [0, 0.1) is 0 Å². The molecule has 0 radical (unpaired) electrons. The summed E-state index contributed by atoms with van der Waals surface area (Å²) in [4.78, 5) is 24.8. The Hall–Kier alpha value is -2.20. The predicted molar refractivity (Wildman–Crippen MR) is 43.7 cm³/mol. The van der Waals surface area contributed by atoms with Gasteiger partial charge >= 0.3 is 17.5 Å². The molecular formula is C8H6N2O4. The Labute approximate surface area is 78.7 Å². The van der Waals surface area contributed by atoms with Crippen LogP contribution in [0.3, 0.4) is 0 Å². The summed E-state index contributed by atoms with van der Waals surface area (Å²) in [5, 5.41) is 0. The summed E-state index contributed by atoms with van der Waals surface area (Å²) in [7, 11) is 1.07. The third-order valence-corrected chi connectivity index (χ3v) is 1.44. The summed E-state index contributed by atoms with van der Waals surface area (Å²) < 4.78 is 8.95. The van der Waals surface area contributed by atoms with Crippen LogP contribution < -0.4 is 0 Å². The highest BCUT2D eigenvalue weighted by Gasteiger charge is 2.33. The van der Waals surface area contributed by atoms with Crippen molar-refractivity contribution < 1.29 is 23.5 Å². The van der Waals surface area contributed by atoms with E-state index >= 15 is 0 Å². The molecule has 0 saturated heterocycles. The lowest BCUT2D eigenvalue weighted by atomic mass is 10.2. The zero-order valence-corrected chi connectivity index (χ0v) is 7.26. The Morgan fingerprint density at radius 1 is 1.57 bits per heavy atom. The number of methoxy groups -OCH3 is 1. The maximum absolute atomic E-state index is 11.4. The summed E-state index contributed by atoms with van der Waals surface area (Å²) in [6.07, 6.45) is 1.26. The standard InChI is InChI=1S/C8H6N2O4/c1-13-8(12)6(10-9)7(11)5-3-2-4-14-5/h2-4H,1H3. The van der Waals surface area contributed by atoms with Crippen molar-refractivity contribution in [1.82, 2.24) is 0 Å². The van der Waals surface area contributed by atoms with E-state index in [4.69, 9.17) is 9.95 Å². The van der Waals surface area contributed by atoms with Crippen molar-refractivity contribution in [2.75, 3.05) is 7.11 Å². The third-order valence-electron chi connectivity index (χ3n) is 1.44. The highest BCUT2D eigenvalue weighted by Crippen LogP contribution is 2.02. The van der Waals surface area contributed by atoms with E-state index in [0.717, 1.165) is 7.11 Å². The number of hydrogen-bond acceptors (Lipinski definition) is 4. The molecule has 0 aliphatic carbocycles. The van der Waals surface area contributed by atoms with Gasteiger partial charge in [-0.15, -0.1) is 0 Å². The van der Waals surface area contributed by atoms with Gasteiger partial charge in [-0.05, 0) is 12.1 Å². The van der Waals surface area contributed by atoms with Crippen molar-refractivity contribution in [3.63, 3.8) is 0 Å². The van der Waals surface area contributed by atoms with Crippen molar-refractivity contribution in [3.05, 3.63) is 29.7 Å². The molecule has 0 atom stereocenters. The third kappa shape index (κ3) is 1.75. The van der Waals surface area contributed by atoms with Gasteiger partial charge < -0.3 is 14.7 Å². The molecule has 1 aromatic rings. The minimum atomic E-state index is -1.02. The molecule has 0 unspecified atom stereocenters. The molecule has 0 saturated carbocycles. The van der Waals surface area contributed by atoms with Gasteiger partial charge in [0.25, 0.3) is 0 Å². The van der Waals surface area contributed by atoms with Crippen LogP contribution in [-0.4, -0.2) is 29.4 Å². The Morgan fingerprint density at radius 2 is 2.29 bits per heavy atom.